The van der Waals surface area contributed by atoms with Gasteiger partial charge in [-0.1, -0.05) is 32.9 Å². The zero-order valence-corrected chi connectivity index (χ0v) is 19.2. The number of aliphatic hydroxyl groups is 2. The van der Waals surface area contributed by atoms with Crippen LogP contribution in [0.1, 0.15) is 59.8 Å². The topological polar surface area (TPSA) is 101 Å². The molecule has 0 aliphatic heterocycles. The van der Waals surface area contributed by atoms with Gasteiger partial charge in [0.2, 0.25) is 5.78 Å². The third kappa shape index (κ3) is 2.67. The SMILES string of the molecule is C=C1C[C@H]2[C@@H]3C[C@@H](C)[C@](O)(C(=O)COC(C)=O)[C@@]3(C)C[C@H](O)[C@]2(F)[C@@]2(C)CCC(=O)C=C12. The first kappa shape index (κ1) is 23.3. The molecule has 0 bridgehead atoms. The van der Waals surface area contributed by atoms with E-state index in [0.29, 0.717) is 17.6 Å². The average molecular weight is 449 g/mol. The third-order valence-corrected chi connectivity index (χ3v) is 9.43. The molecular weight excluding hydrogens is 415 g/mol. The Hall–Kier alpha value is -1.86. The van der Waals surface area contributed by atoms with Crippen LogP contribution < -0.4 is 0 Å². The van der Waals surface area contributed by atoms with E-state index < -0.39 is 58.4 Å². The maximum atomic E-state index is 17.2. The van der Waals surface area contributed by atoms with Crippen LogP contribution in [0.2, 0.25) is 0 Å². The van der Waals surface area contributed by atoms with E-state index in [0.717, 1.165) is 0 Å². The van der Waals surface area contributed by atoms with E-state index in [-0.39, 0.29) is 37.4 Å². The molecule has 3 saturated carbocycles. The molecule has 4 aliphatic rings. The number of alkyl halides is 1. The Morgan fingerprint density at radius 1 is 1.31 bits per heavy atom. The summed E-state index contributed by atoms with van der Waals surface area (Å²) in [5, 5.41) is 23.1. The van der Waals surface area contributed by atoms with Crippen molar-refractivity contribution in [3.05, 3.63) is 23.8 Å². The monoisotopic (exact) mass is 448 g/mol. The first-order chi connectivity index (χ1) is 14.7. The summed E-state index contributed by atoms with van der Waals surface area (Å²) < 4.78 is 22.1. The minimum atomic E-state index is -2.01. The summed E-state index contributed by atoms with van der Waals surface area (Å²) in [6, 6.07) is 0. The molecule has 7 heteroatoms. The summed E-state index contributed by atoms with van der Waals surface area (Å²) in [5.41, 5.74) is -4.74. The number of carbonyl (C=O) groups excluding carboxylic acids is 3. The van der Waals surface area contributed by atoms with Gasteiger partial charge in [0.15, 0.2) is 12.4 Å². The lowest BCUT2D eigenvalue weighted by molar-refractivity contribution is -0.224. The van der Waals surface area contributed by atoms with Crippen molar-refractivity contribution in [1.29, 1.82) is 0 Å². The number of esters is 1. The minimum Gasteiger partial charge on any atom is -0.458 e. The Morgan fingerprint density at radius 2 is 1.97 bits per heavy atom. The molecule has 0 spiro atoms. The highest BCUT2D eigenvalue weighted by atomic mass is 19.1. The van der Waals surface area contributed by atoms with Gasteiger partial charge in [0.25, 0.3) is 0 Å². The number of allylic oxidation sites excluding steroid dienone is 2. The number of ketones is 2. The summed E-state index contributed by atoms with van der Waals surface area (Å²) in [6.07, 6.45) is 1.12. The van der Waals surface area contributed by atoms with Gasteiger partial charge in [-0.2, -0.15) is 0 Å². The molecule has 32 heavy (non-hydrogen) atoms. The second kappa shape index (κ2) is 7.07. The van der Waals surface area contributed by atoms with E-state index in [1.165, 1.54) is 13.0 Å². The second-order valence-corrected chi connectivity index (χ2v) is 10.9. The van der Waals surface area contributed by atoms with Crippen molar-refractivity contribution >= 4 is 17.5 Å². The normalized spacial score (nSPS) is 47.8. The van der Waals surface area contributed by atoms with Crippen LogP contribution in [-0.4, -0.2) is 51.7 Å². The van der Waals surface area contributed by atoms with E-state index in [1.807, 2.05) is 0 Å². The fourth-order valence-corrected chi connectivity index (χ4v) is 7.77. The van der Waals surface area contributed by atoms with Gasteiger partial charge in [-0.15, -0.1) is 0 Å². The predicted molar refractivity (Wildman–Crippen MR) is 114 cm³/mol. The number of hydrogen-bond acceptors (Lipinski definition) is 6. The van der Waals surface area contributed by atoms with Gasteiger partial charge in [0, 0.05) is 30.1 Å². The van der Waals surface area contributed by atoms with Gasteiger partial charge >= 0.3 is 5.97 Å². The standard InChI is InChI=1S/C25H33FO6/c1-13-8-19-18-9-14(2)25(31,21(30)12-32-15(3)27)23(18,5)11-20(29)24(19,26)22(4)7-6-16(28)10-17(13)22/h10,14,18-20,29,31H,1,6-9,11-12H2,2-5H3/t14-,18+,19+,20+,22+,23+,24+,25+/m1/s1. The Labute approximate surface area is 187 Å². The number of ether oxygens (including phenoxy) is 1. The molecule has 0 saturated heterocycles. The summed E-state index contributed by atoms with van der Waals surface area (Å²) in [7, 11) is 0. The van der Waals surface area contributed by atoms with Crippen molar-refractivity contribution in [2.45, 2.75) is 77.2 Å². The number of hydrogen-bond donors (Lipinski definition) is 2. The Balaban J connectivity index is 1.79. The van der Waals surface area contributed by atoms with Crippen LogP contribution in [0.4, 0.5) is 4.39 Å². The Kier molecular flexibility index (Phi) is 5.15. The highest BCUT2D eigenvalue weighted by Crippen LogP contribution is 2.71. The zero-order chi connectivity index (χ0) is 23.9. The smallest absolute Gasteiger partial charge is 0.303 e. The molecule has 4 rings (SSSR count). The molecule has 4 aliphatic carbocycles. The van der Waals surface area contributed by atoms with Crippen molar-refractivity contribution in [2.75, 3.05) is 6.61 Å². The van der Waals surface area contributed by atoms with Crippen molar-refractivity contribution in [3.8, 4) is 0 Å². The molecule has 0 aromatic carbocycles. The van der Waals surface area contributed by atoms with Gasteiger partial charge in [-0.05, 0) is 49.2 Å². The lowest BCUT2D eigenvalue weighted by Crippen LogP contribution is -2.70. The zero-order valence-electron chi connectivity index (χ0n) is 19.2. The van der Waals surface area contributed by atoms with Crippen LogP contribution in [0.15, 0.2) is 23.8 Å². The van der Waals surface area contributed by atoms with Crippen LogP contribution in [0, 0.1) is 28.6 Å². The molecule has 0 heterocycles. The van der Waals surface area contributed by atoms with Gasteiger partial charge in [0.1, 0.15) is 11.3 Å². The third-order valence-electron chi connectivity index (χ3n) is 9.43. The van der Waals surface area contributed by atoms with Crippen molar-refractivity contribution in [2.24, 2.45) is 28.6 Å². The van der Waals surface area contributed by atoms with E-state index in [9.17, 15) is 24.6 Å². The molecular formula is C25H33FO6. The van der Waals surface area contributed by atoms with Gasteiger partial charge < -0.3 is 14.9 Å². The maximum absolute atomic E-state index is 17.2. The number of aliphatic hydroxyl groups excluding tert-OH is 1. The van der Waals surface area contributed by atoms with E-state index in [2.05, 4.69) is 6.58 Å². The molecule has 176 valence electrons. The van der Waals surface area contributed by atoms with Gasteiger partial charge in [-0.25, -0.2) is 4.39 Å². The van der Waals surface area contributed by atoms with Gasteiger partial charge in [-0.3, -0.25) is 14.4 Å². The number of Topliss-reactive ketones (excluding diaryl/α,β-unsaturated/α-hetero) is 1. The van der Waals surface area contributed by atoms with Crippen LogP contribution in [0.5, 0.6) is 0 Å². The molecule has 0 radical (unpaired) electrons. The molecule has 0 amide bonds. The van der Waals surface area contributed by atoms with Gasteiger partial charge in [0.05, 0.1) is 6.10 Å². The molecule has 2 N–H and O–H groups in total. The predicted octanol–water partition coefficient (Wildman–Crippen LogP) is 2.86. The molecule has 6 nitrogen and oxygen atoms in total. The first-order valence-electron chi connectivity index (χ1n) is 11.4. The fraction of sp³-hybridized carbons (Fsp3) is 0.720. The first-order valence-corrected chi connectivity index (χ1v) is 11.4. The lowest BCUT2D eigenvalue weighted by atomic mass is 9.43. The second-order valence-electron chi connectivity index (χ2n) is 10.9. The van der Waals surface area contributed by atoms with Crippen molar-refractivity contribution < 1.29 is 33.7 Å². The number of carbonyl (C=O) groups is 3. The Bertz CT molecular complexity index is 941. The van der Waals surface area contributed by atoms with Crippen LogP contribution in [0.25, 0.3) is 0 Å². The molecule has 0 aromatic heterocycles. The summed E-state index contributed by atoms with van der Waals surface area (Å²) in [5.74, 6) is -2.84. The van der Waals surface area contributed by atoms with Crippen molar-refractivity contribution in [3.63, 3.8) is 0 Å². The highest BCUT2D eigenvalue weighted by molar-refractivity contribution is 5.93. The van der Waals surface area contributed by atoms with E-state index in [1.54, 1.807) is 20.8 Å². The quantitative estimate of drug-likeness (QED) is 0.644. The average Bonchev–Trinajstić information content (AvgIpc) is 2.91. The molecule has 3 fully saturated rings. The Morgan fingerprint density at radius 3 is 2.59 bits per heavy atom. The molecule has 8 atom stereocenters. The fourth-order valence-electron chi connectivity index (χ4n) is 7.77. The van der Waals surface area contributed by atoms with E-state index in [4.69, 9.17) is 4.74 Å². The van der Waals surface area contributed by atoms with Crippen LogP contribution >= 0.6 is 0 Å². The maximum Gasteiger partial charge on any atom is 0.303 e. The lowest BCUT2D eigenvalue weighted by Gasteiger charge is -2.63. The van der Waals surface area contributed by atoms with Crippen LogP contribution in [-0.2, 0) is 19.1 Å². The summed E-state index contributed by atoms with van der Waals surface area (Å²) >= 11 is 0. The van der Waals surface area contributed by atoms with Crippen molar-refractivity contribution in [1.82, 2.24) is 0 Å². The number of fused-ring (bicyclic) bond motifs is 5. The minimum absolute atomic E-state index is 0.0595. The number of rotatable bonds is 3. The van der Waals surface area contributed by atoms with Crippen LogP contribution in [0.3, 0.4) is 0 Å². The molecule has 0 aromatic rings. The molecule has 0 unspecified atom stereocenters. The highest BCUT2D eigenvalue weighted by Gasteiger charge is 2.76. The summed E-state index contributed by atoms with van der Waals surface area (Å²) in [4.78, 5) is 36.4. The summed E-state index contributed by atoms with van der Waals surface area (Å²) in [6.45, 7) is 10.1. The largest absolute Gasteiger partial charge is 0.458 e. The number of halogens is 1. The van der Waals surface area contributed by atoms with E-state index >= 15 is 4.39 Å².